The number of nitrogens with one attached hydrogen (secondary N) is 1. The van der Waals surface area contributed by atoms with E-state index in [1.807, 2.05) is 18.2 Å². The van der Waals surface area contributed by atoms with Crippen molar-refractivity contribution in [3.63, 3.8) is 0 Å². The Balaban J connectivity index is 0.000001000. The van der Waals surface area contributed by atoms with Crippen LogP contribution in [0.2, 0.25) is 0 Å². The summed E-state index contributed by atoms with van der Waals surface area (Å²) in [6, 6.07) is 9.00. The van der Waals surface area contributed by atoms with Gasteiger partial charge in [0.25, 0.3) is 0 Å². The van der Waals surface area contributed by atoms with Crippen molar-refractivity contribution in [1.29, 1.82) is 0 Å². The van der Waals surface area contributed by atoms with Crippen LogP contribution in [-0.2, 0) is 4.79 Å². The Morgan fingerprint density at radius 1 is 1.27 bits per heavy atom. The number of hydroxylamine groups is 1. The highest BCUT2D eigenvalue weighted by molar-refractivity contribution is 5.85. The molecule has 0 aliphatic rings. The number of amides is 1. The molecule has 0 spiro atoms. The van der Waals surface area contributed by atoms with E-state index in [-0.39, 0.29) is 12.4 Å². The van der Waals surface area contributed by atoms with Gasteiger partial charge in [-0.1, -0.05) is 18.2 Å². The van der Waals surface area contributed by atoms with Crippen molar-refractivity contribution in [1.82, 2.24) is 5.48 Å². The summed E-state index contributed by atoms with van der Waals surface area (Å²) in [5.41, 5.74) is 2.08. The molecule has 0 atom stereocenters. The highest BCUT2D eigenvalue weighted by Crippen LogP contribution is 2.05. The third-order valence-corrected chi connectivity index (χ3v) is 0.968. The molecule has 11 heavy (non-hydrogen) atoms. The predicted octanol–water partition coefficient (Wildman–Crippen LogP) is 1.15. The van der Waals surface area contributed by atoms with Crippen molar-refractivity contribution in [2.45, 2.75) is 0 Å². The van der Waals surface area contributed by atoms with Crippen molar-refractivity contribution >= 4 is 18.8 Å². The van der Waals surface area contributed by atoms with Crippen molar-refractivity contribution in [2.75, 3.05) is 0 Å². The molecule has 0 aromatic heterocycles. The number of carbonyl (C=O) groups is 1. The van der Waals surface area contributed by atoms with Gasteiger partial charge in [0.1, 0.15) is 0 Å². The van der Waals surface area contributed by atoms with Gasteiger partial charge in [-0.05, 0) is 12.1 Å². The fourth-order valence-electron chi connectivity index (χ4n) is 0.581. The van der Waals surface area contributed by atoms with Crippen LogP contribution in [0.5, 0.6) is 5.75 Å². The number of rotatable bonds is 3. The summed E-state index contributed by atoms with van der Waals surface area (Å²) in [6.45, 7) is 0. The van der Waals surface area contributed by atoms with E-state index in [2.05, 4.69) is 5.48 Å². The number of halogens is 1. The molecule has 1 amide bonds. The minimum Gasteiger partial charge on any atom is -0.380 e. The molecule has 3 nitrogen and oxygen atoms in total. The van der Waals surface area contributed by atoms with Gasteiger partial charge in [0, 0.05) is 0 Å². The van der Waals surface area contributed by atoms with E-state index in [1.54, 1.807) is 12.1 Å². The second kappa shape index (κ2) is 5.56. The summed E-state index contributed by atoms with van der Waals surface area (Å²) >= 11 is 0. The number of hydrogen-bond donors (Lipinski definition) is 1. The van der Waals surface area contributed by atoms with E-state index in [1.165, 1.54) is 0 Å². The van der Waals surface area contributed by atoms with E-state index < -0.39 is 0 Å². The molecule has 1 N–H and O–H groups in total. The van der Waals surface area contributed by atoms with Gasteiger partial charge in [-0.25, -0.2) is 0 Å². The minimum atomic E-state index is 0. The smallest absolute Gasteiger partial charge is 0.239 e. The fraction of sp³-hybridized carbons (Fsp3) is 0. The van der Waals surface area contributed by atoms with Gasteiger partial charge in [0.05, 0.1) is 0 Å². The molecule has 60 valence electrons. The molecule has 0 unspecified atom stereocenters. The van der Waals surface area contributed by atoms with Crippen LogP contribution in [0.25, 0.3) is 0 Å². The lowest BCUT2D eigenvalue weighted by atomic mass is 10.3. The first kappa shape index (κ1) is 9.78. The van der Waals surface area contributed by atoms with Crippen molar-refractivity contribution < 1.29 is 9.63 Å². The Morgan fingerprint density at radius 3 is 2.45 bits per heavy atom. The highest BCUT2D eigenvalue weighted by Gasteiger charge is 1.85. The predicted molar refractivity (Wildman–Crippen MR) is 43.5 cm³/mol. The molecule has 0 heterocycles. The quantitative estimate of drug-likeness (QED) is 0.550. The number of carbonyl (C=O) groups excluding carboxylic acids is 1. The average molecular weight is 174 g/mol. The third-order valence-electron chi connectivity index (χ3n) is 0.968. The minimum absolute atomic E-state index is 0. The van der Waals surface area contributed by atoms with Gasteiger partial charge in [0.15, 0.2) is 5.75 Å². The normalized spacial score (nSPS) is 7.64. The molecule has 0 fully saturated rings. The van der Waals surface area contributed by atoms with Crippen molar-refractivity contribution in [3.8, 4) is 5.75 Å². The van der Waals surface area contributed by atoms with Gasteiger partial charge in [0.2, 0.25) is 6.41 Å². The molecule has 0 bridgehead atoms. The number of para-hydroxylation sites is 1. The third kappa shape index (κ3) is 3.47. The zero-order valence-electron chi connectivity index (χ0n) is 5.69. The van der Waals surface area contributed by atoms with E-state index in [0.717, 1.165) is 0 Å². The molecular formula is C7H8ClNO2. The molecule has 0 saturated heterocycles. The summed E-state index contributed by atoms with van der Waals surface area (Å²) in [4.78, 5) is 14.5. The molecule has 1 aromatic rings. The Labute approximate surface area is 70.7 Å². The topological polar surface area (TPSA) is 38.3 Å². The van der Waals surface area contributed by atoms with Crippen LogP contribution >= 0.6 is 12.4 Å². The summed E-state index contributed by atoms with van der Waals surface area (Å²) in [7, 11) is 0. The first-order valence-electron chi connectivity index (χ1n) is 2.84. The van der Waals surface area contributed by atoms with Gasteiger partial charge in [-0.2, -0.15) is 5.48 Å². The van der Waals surface area contributed by atoms with Crippen LogP contribution < -0.4 is 10.3 Å². The Kier molecular flexibility index (Phi) is 4.94. The Bertz CT molecular complexity index is 203. The molecule has 0 aliphatic carbocycles. The maximum Gasteiger partial charge on any atom is 0.239 e. The van der Waals surface area contributed by atoms with Gasteiger partial charge < -0.3 is 4.84 Å². The van der Waals surface area contributed by atoms with Crippen molar-refractivity contribution in [2.24, 2.45) is 0 Å². The average Bonchev–Trinajstić information content (AvgIpc) is 2.03. The van der Waals surface area contributed by atoms with Crippen LogP contribution in [0.15, 0.2) is 30.3 Å². The summed E-state index contributed by atoms with van der Waals surface area (Å²) < 4.78 is 0. The van der Waals surface area contributed by atoms with E-state index in [9.17, 15) is 4.79 Å². The van der Waals surface area contributed by atoms with E-state index in [4.69, 9.17) is 4.84 Å². The maximum atomic E-state index is 9.74. The molecular weight excluding hydrogens is 166 g/mol. The first-order chi connectivity index (χ1) is 4.93. The standard InChI is InChI=1S/C7H7NO2.ClH/c9-6-8-10-7-4-2-1-3-5-7;/h1-6H,(H,8,9);1H. The van der Waals surface area contributed by atoms with Crippen LogP contribution in [-0.4, -0.2) is 6.41 Å². The number of benzene rings is 1. The zero-order chi connectivity index (χ0) is 7.23. The van der Waals surface area contributed by atoms with Crippen LogP contribution in [0, 0.1) is 0 Å². The zero-order valence-corrected chi connectivity index (χ0v) is 6.51. The van der Waals surface area contributed by atoms with Gasteiger partial charge in [-0.3, -0.25) is 4.79 Å². The van der Waals surface area contributed by atoms with Gasteiger partial charge in [-0.15, -0.1) is 12.4 Å². The highest BCUT2D eigenvalue weighted by atomic mass is 35.5. The molecule has 0 aliphatic heterocycles. The molecule has 1 aromatic carbocycles. The lowest BCUT2D eigenvalue weighted by Crippen LogP contribution is -2.14. The summed E-state index contributed by atoms with van der Waals surface area (Å²) in [5.74, 6) is 0.620. The Morgan fingerprint density at radius 2 is 1.91 bits per heavy atom. The molecule has 4 heteroatoms. The maximum absolute atomic E-state index is 9.74. The molecule has 0 radical (unpaired) electrons. The lowest BCUT2D eigenvalue weighted by molar-refractivity contribution is -0.115. The second-order valence-electron chi connectivity index (χ2n) is 1.65. The van der Waals surface area contributed by atoms with E-state index >= 15 is 0 Å². The second-order valence-corrected chi connectivity index (χ2v) is 1.65. The van der Waals surface area contributed by atoms with E-state index in [0.29, 0.717) is 12.2 Å². The molecule has 0 saturated carbocycles. The molecule has 1 rings (SSSR count). The van der Waals surface area contributed by atoms with Gasteiger partial charge >= 0.3 is 0 Å². The largest absolute Gasteiger partial charge is 0.380 e. The van der Waals surface area contributed by atoms with Crippen molar-refractivity contribution in [3.05, 3.63) is 30.3 Å². The lowest BCUT2D eigenvalue weighted by Gasteiger charge is -1.99. The van der Waals surface area contributed by atoms with Crippen LogP contribution in [0.4, 0.5) is 0 Å². The van der Waals surface area contributed by atoms with Crippen LogP contribution in [0.3, 0.4) is 0 Å². The number of hydrogen-bond acceptors (Lipinski definition) is 2. The summed E-state index contributed by atoms with van der Waals surface area (Å²) in [5, 5.41) is 0. The SMILES string of the molecule is Cl.O=CNOc1ccccc1. The summed E-state index contributed by atoms with van der Waals surface area (Å²) in [6.07, 6.45) is 0.479. The van der Waals surface area contributed by atoms with Crippen LogP contribution in [0.1, 0.15) is 0 Å². The first-order valence-corrected chi connectivity index (χ1v) is 2.84. The fourth-order valence-corrected chi connectivity index (χ4v) is 0.581. The Hall–Kier alpha value is -1.22. The monoisotopic (exact) mass is 173 g/mol.